The molecule has 2 aromatic rings. The van der Waals surface area contributed by atoms with Crippen molar-refractivity contribution in [3.63, 3.8) is 0 Å². The summed E-state index contributed by atoms with van der Waals surface area (Å²) in [5, 5.41) is 0. The number of fused-ring (bicyclic) bond motifs is 1. The molecule has 1 unspecified atom stereocenters. The average molecular weight is 312 g/mol. The number of hydrogen-bond acceptors (Lipinski definition) is 2. The topological polar surface area (TPSA) is 38.1 Å². The molecule has 0 radical (unpaired) electrons. The Balaban J connectivity index is 2.51. The highest BCUT2D eigenvalue weighted by Crippen LogP contribution is 2.24. The normalized spacial score (nSPS) is 12.6. The number of amides is 1. The minimum absolute atomic E-state index is 0.00925. The molecule has 0 saturated carbocycles. The number of rotatable bonds is 5. The smallest absolute Gasteiger partial charge is 0.245 e. The molecule has 6 heteroatoms. The third-order valence-electron chi connectivity index (χ3n) is 3.66. The van der Waals surface area contributed by atoms with E-state index in [0.717, 1.165) is 5.52 Å². The first-order chi connectivity index (χ1) is 10.0. The van der Waals surface area contributed by atoms with Gasteiger partial charge in [0.15, 0.2) is 0 Å². The van der Waals surface area contributed by atoms with E-state index in [2.05, 4.69) is 4.98 Å². The molecule has 0 spiro atoms. The van der Waals surface area contributed by atoms with Crippen LogP contribution in [0, 0.1) is 5.82 Å². The number of benzene rings is 1. The summed E-state index contributed by atoms with van der Waals surface area (Å²) in [5.41, 5.74) is 1.24. The van der Waals surface area contributed by atoms with Crippen LogP contribution in [0.5, 0.6) is 0 Å². The van der Waals surface area contributed by atoms with Crippen LogP contribution in [0.15, 0.2) is 18.2 Å². The summed E-state index contributed by atoms with van der Waals surface area (Å²) < 4.78 is 15.1. The van der Waals surface area contributed by atoms with E-state index in [1.54, 1.807) is 15.5 Å². The Hall–Kier alpha value is -1.62. The van der Waals surface area contributed by atoms with Crippen LogP contribution in [0.2, 0.25) is 0 Å². The zero-order valence-corrected chi connectivity index (χ0v) is 13.2. The minimum atomic E-state index is -0.422. The second-order valence-electron chi connectivity index (χ2n) is 4.85. The fraction of sp³-hybridized carbons (Fsp3) is 0.467. The van der Waals surface area contributed by atoms with Gasteiger partial charge in [0.05, 0.1) is 16.9 Å². The van der Waals surface area contributed by atoms with Gasteiger partial charge in [0.1, 0.15) is 17.7 Å². The van der Waals surface area contributed by atoms with Crippen LogP contribution in [0.1, 0.15) is 32.6 Å². The zero-order chi connectivity index (χ0) is 15.6. The summed E-state index contributed by atoms with van der Waals surface area (Å²) >= 11 is 5.94. The van der Waals surface area contributed by atoms with E-state index < -0.39 is 6.04 Å². The van der Waals surface area contributed by atoms with E-state index >= 15 is 0 Å². The van der Waals surface area contributed by atoms with E-state index in [0.29, 0.717) is 24.4 Å². The maximum absolute atomic E-state index is 13.3. The average Bonchev–Trinajstić information content (AvgIpc) is 2.84. The summed E-state index contributed by atoms with van der Waals surface area (Å²) in [6.07, 6.45) is 0. The zero-order valence-electron chi connectivity index (χ0n) is 12.4. The highest BCUT2D eigenvalue weighted by Gasteiger charge is 2.24. The number of alkyl halides is 1. The summed E-state index contributed by atoms with van der Waals surface area (Å²) in [4.78, 5) is 18.6. The Morgan fingerprint density at radius 2 is 2.10 bits per heavy atom. The fourth-order valence-electron chi connectivity index (χ4n) is 2.56. The lowest BCUT2D eigenvalue weighted by Crippen LogP contribution is -2.36. The molecule has 1 amide bonds. The molecule has 0 fully saturated rings. The molecule has 0 N–H and O–H groups in total. The standard InChI is InChI=1S/C15H19ClFN3O/c1-4-19(5-2)15(21)10(3)20-13-7-6-11(17)8-12(13)18-14(20)9-16/h6-8,10H,4-5,9H2,1-3H3. The van der Waals surface area contributed by atoms with Gasteiger partial charge < -0.3 is 9.47 Å². The quantitative estimate of drug-likeness (QED) is 0.794. The molecule has 1 aromatic heterocycles. The van der Waals surface area contributed by atoms with E-state index in [1.807, 2.05) is 20.8 Å². The monoisotopic (exact) mass is 311 g/mol. The number of likely N-dealkylation sites (N-methyl/N-ethyl adjacent to an activating group) is 1. The Morgan fingerprint density at radius 3 is 2.67 bits per heavy atom. The number of carbonyl (C=O) groups is 1. The molecular weight excluding hydrogens is 293 g/mol. The second-order valence-corrected chi connectivity index (χ2v) is 5.12. The van der Waals surface area contributed by atoms with Crippen LogP contribution in [-0.4, -0.2) is 33.4 Å². The van der Waals surface area contributed by atoms with Gasteiger partial charge in [-0.1, -0.05) is 0 Å². The van der Waals surface area contributed by atoms with E-state index in [9.17, 15) is 9.18 Å². The second kappa shape index (κ2) is 6.43. The van der Waals surface area contributed by atoms with Crippen molar-refractivity contribution in [1.29, 1.82) is 0 Å². The van der Waals surface area contributed by atoms with Crippen molar-refractivity contribution in [1.82, 2.24) is 14.5 Å². The number of halogens is 2. The molecule has 0 aliphatic rings. The summed E-state index contributed by atoms with van der Waals surface area (Å²) in [7, 11) is 0. The van der Waals surface area contributed by atoms with Crippen LogP contribution in [-0.2, 0) is 10.7 Å². The van der Waals surface area contributed by atoms with Gasteiger partial charge in [0, 0.05) is 19.2 Å². The maximum Gasteiger partial charge on any atom is 0.245 e. The molecule has 0 aliphatic heterocycles. The Kier molecular flexibility index (Phi) is 4.83. The molecule has 1 aromatic carbocycles. The lowest BCUT2D eigenvalue weighted by molar-refractivity contribution is -0.133. The molecule has 114 valence electrons. The third-order valence-corrected chi connectivity index (χ3v) is 3.90. The van der Waals surface area contributed by atoms with Crippen LogP contribution < -0.4 is 0 Å². The lowest BCUT2D eigenvalue weighted by Gasteiger charge is -2.24. The number of nitrogens with zero attached hydrogens (tertiary/aromatic N) is 3. The van der Waals surface area contributed by atoms with Gasteiger partial charge in [-0.2, -0.15) is 0 Å². The number of imidazole rings is 1. The van der Waals surface area contributed by atoms with Gasteiger partial charge in [0.2, 0.25) is 5.91 Å². The van der Waals surface area contributed by atoms with Crippen LogP contribution >= 0.6 is 11.6 Å². The summed E-state index contributed by atoms with van der Waals surface area (Å²) in [5.74, 6) is 0.405. The van der Waals surface area contributed by atoms with Crippen molar-refractivity contribution in [2.75, 3.05) is 13.1 Å². The van der Waals surface area contributed by atoms with Crippen molar-refractivity contribution in [3.8, 4) is 0 Å². The highest BCUT2D eigenvalue weighted by atomic mass is 35.5. The Morgan fingerprint density at radius 1 is 1.43 bits per heavy atom. The van der Waals surface area contributed by atoms with E-state index in [1.165, 1.54) is 12.1 Å². The maximum atomic E-state index is 13.3. The van der Waals surface area contributed by atoms with Gasteiger partial charge >= 0.3 is 0 Å². The summed E-state index contributed by atoms with van der Waals surface area (Å²) in [6.45, 7) is 7.01. The van der Waals surface area contributed by atoms with Crippen molar-refractivity contribution in [2.24, 2.45) is 0 Å². The van der Waals surface area contributed by atoms with Crippen molar-refractivity contribution < 1.29 is 9.18 Å². The predicted molar refractivity (Wildman–Crippen MR) is 81.9 cm³/mol. The first-order valence-electron chi connectivity index (χ1n) is 7.04. The molecule has 2 rings (SSSR count). The SMILES string of the molecule is CCN(CC)C(=O)C(C)n1c(CCl)nc2cc(F)ccc21. The molecule has 4 nitrogen and oxygen atoms in total. The van der Waals surface area contributed by atoms with Crippen LogP contribution in [0.25, 0.3) is 11.0 Å². The molecule has 1 atom stereocenters. The number of aromatic nitrogens is 2. The fourth-order valence-corrected chi connectivity index (χ4v) is 2.75. The third kappa shape index (κ3) is 2.88. The van der Waals surface area contributed by atoms with Crippen LogP contribution in [0.3, 0.4) is 0 Å². The minimum Gasteiger partial charge on any atom is -0.341 e. The molecular formula is C15H19ClFN3O. The lowest BCUT2D eigenvalue weighted by atomic mass is 10.2. The summed E-state index contributed by atoms with van der Waals surface area (Å²) in [6, 6.07) is 3.94. The largest absolute Gasteiger partial charge is 0.341 e. The van der Waals surface area contributed by atoms with E-state index in [4.69, 9.17) is 11.6 Å². The Labute approximate surface area is 128 Å². The first kappa shape index (κ1) is 15.8. The van der Waals surface area contributed by atoms with Gasteiger partial charge in [-0.3, -0.25) is 4.79 Å². The first-order valence-corrected chi connectivity index (χ1v) is 7.58. The molecule has 0 aliphatic carbocycles. The number of hydrogen-bond donors (Lipinski definition) is 0. The van der Waals surface area contributed by atoms with E-state index in [-0.39, 0.29) is 17.6 Å². The highest BCUT2D eigenvalue weighted by molar-refractivity contribution is 6.17. The van der Waals surface area contributed by atoms with Crippen LogP contribution in [0.4, 0.5) is 4.39 Å². The van der Waals surface area contributed by atoms with Gasteiger partial charge in [-0.05, 0) is 32.9 Å². The van der Waals surface area contributed by atoms with Crippen molar-refractivity contribution in [2.45, 2.75) is 32.7 Å². The van der Waals surface area contributed by atoms with Gasteiger partial charge in [-0.25, -0.2) is 9.37 Å². The predicted octanol–water partition coefficient (Wildman–Crippen LogP) is 3.34. The molecule has 21 heavy (non-hydrogen) atoms. The Bertz CT molecular complexity index is 652. The van der Waals surface area contributed by atoms with Crippen molar-refractivity contribution in [3.05, 3.63) is 29.8 Å². The molecule has 1 heterocycles. The molecule has 0 bridgehead atoms. The number of carbonyl (C=O) groups excluding carboxylic acids is 1. The van der Waals surface area contributed by atoms with Gasteiger partial charge in [-0.15, -0.1) is 11.6 Å². The van der Waals surface area contributed by atoms with Gasteiger partial charge in [0.25, 0.3) is 0 Å². The molecule has 0 saturated heterocycles. The van der Waals surface area contributed by atoms with Crippen molar-refractivity contribution >= 4 is 28.5 Å².